The first-order valence-electron chi connectivity index (χ1n) is 8.72. The normalized spacial score (nSPS) is 21.6. The van der Waals surface area contributed by atoms with Crippen LogP contribution in [0.25, 0.3) is 0 Å². The van der Waals surface area contributed by atoms with Gasteiger partial charge in [-0.2, -0.15) is 0 Å². The summed E-state index contributed by atoms with van der Waals surface area (Å²) >= 11 is 0. The number of amides is 1. The van der Waals surface area contributed by atoms with Crippen LogP contribution in [0.2, 0.25) is 0 Å². The van der Waals surface area contributed by atoms with E-state index in [2.05, 4.69) is 31.2 Å². The second-order valence-corrected chi connectivity index (χ2v) is 8.10. The van der Waals surface area contributed by atoms with Gasteiger partial charge in [0.15, 0.2) is 5.69 Å². The molecule has 1 N–H and O–H groups in total. The highest BCUT2D eigenvalue weighted by Gasteiger charge is 2.35. The number of nitrogens with one attached hydrogen (secondary N) is 1. The fraction of sp³-hybridized carbons (Fsp3) is 0.778. The Morgan fingerprint density at radius 1 is 1.23 bits per heavy atom. The predicted octanol–water partition coefficient (Wildman–Crippen LogP) is 4.28. The van der Waals surface area contributed by atoms with Crippen molar-refractivity contribution in [3.05, 3.63) is 17.5 Å². The SMILES string of the molecule is CC(C)(C)C(NC(=O)c1cc(C2CC2)on1)C1CCCCC1. The minimum absolute atomic E-state index is 0.0563. The average Bonchev–Trinajstić information content (AvgIpc) is 3.21. The predicted molar refractivity (Wildman–Crippen MR) is 85.8 cm³/mol. The van der Waals surface area contributed by atoms with E-state index in [4.69, 9.17) is 4.52 Å². The lowest BCUT2D eigenvalue weighted by Crippen LogP contribution is -2.49. The van der Waals surface area contributed by atoms with Crippen molar-refractivity contribution in [1.29, 1.82) is 0 Å². The van der Waals surface area contributed by atoms with Gasteiger partial charge in [-0.3, -0.25) is 4.79 Å². The minimum Gasteiger partial charge on any atom is -0.360 e. The standard InChI is InChI=1S/C18H28N2O2/c1-18(2,3)16(13-7-5-4-6-8-13)19-17(21)14-11-15(22-20-14)12-9-10-12/h11-13,16H,4-10H2,1-3H3,(H,19,21). The highest BCUT2D eigenvalue weighted by Crippen LogP contribution is 2.40. The van der Waals surface area contributed by atoms with Gasteiger partial charge in [0, 0.05) is 18.0 Å². The molecule has 4 heteroatoms. The molecule has 0 aromatic carbocycles. The number of carbonyl (C=O) groups is 1. The molecule has 1 unspecified atom stereocenters. The molecule has 1 aromatic heterocycles. The first-order chi connectivity index (χ1) is 10.4. The summed E-state index contributed by atoms with van der Waals surface area (Å²) in [7, 11) is 0. The number of aromatic nitrogens is 1. The van der Waals surface area contributed by atoms with Gasteiger partial charge < -0.3 is 9.84 Å². The van der Waals surface area contributed by atoms with E-state index in [0.717, 1.165) is 18.6 Å². The molecule has 1 amide bonds. The van der Waals surface area contributed by atoms with Crippen molar-refractivity contribution in [1.82, 2.24) is 10.5 Å². The van der Waals surface area contributed by atoms with Gasteiger partial charge in [0.2, 0.25) is 0 Å². The highest BCUT2D eigenvalue weighted by atomic mass is 16.5. The maximum absolute atomic E-state index is 12.6. The fourth-order valence-corrected chi connectivity index (χ4v) is 3.68. The summed E-state index contributed by atoms with van der Waals surface area (Å²) in [5.41, 5.74) is 0.493. The van der Waals surface area contributed by atoms with Gasteiger partial charge in [-0.15, -0.1) is 0 Å². The molecule has 22 heavy (non-hydrogen) atoms. The van der Waals surface area contributed by atoms with Crippen molar-refractivity contribution >= 4 is 5.91 Å². The Labute approximate surface area is 133 Å². The third-order valence-electron chi connectivity index (χ3n) is 5.08. The summed E-state index contributed by atoms with van der Waals surface area (Å²) in [5.74, 6) is 1.86. The van der Waals surface area contributed by atoms with Crippen LogP contribution < -0.4 is 5.32 Å². The number of hydrogen-bond donors (Lipinski definition) is 1. The Morgan fingerprint density at radius 2 is 1.91 bits per heavy atom. The third-order valence-corrected chi connectivity index (χ3v) is 5.08. The first-order valence-corrected chi connectivity index (χ1v) is 8.72. The molecule has 1 atom stereocenters. The maximum Gasteiger partial charge on any atom is 0.273 e. The van der Waals surface area contributed by atoms with Crippen molar-refractivity contribution in [2.45, 2.75) is 77.7 Å². The lowest BCUT2D eigenvalue weighted by atomic mass is 9.73. The molecule has 0 aliphatic heterocycles. The van der Waals surface area contributed by atoms with Crippen LogP contribution in [0.3, 0.4) is 0 Å². The van der Waals surface area contributed by atoms with E-state index in [0.29, 0.717) is 17.5 Å². The molecule has 2 aliphatic rings. The monoisotopic (exact) mass is 304 g/mol. The molecule has 0 radical (unpaired) electrons. The zero-order chi connectivity index (χ0) is 15.7. The second-order valence-electron chi connectivity index (χ2n) is 8.10. The van der Waals surface area contributed by atoms with Crippen LogP contribution in [0, 0.1) is 11.3 Å². The van der Waals surface area contributed by atoms with Crippen LogP contribution in [0.4, 0.5) is 0 Å². The Kier molecular flexibility index (Phi) is 4.28. The van der Waals surface area contributed by atoms with Gasteiger partial charge in [-0.1, -0.05) is 45.2 Å². The molecule has 2 fully saturated rings. The van der Waals surface area contributed by atoms with E-state index in [9.17, 15) is 4.79 Å². The molecule has 4 nitrogen and oxygen atoms in total. The minimum atomic E-state index is -0.0823. The summed E-state index contributed by atoms with van der Waals surface area (Å²) in [6, 6.07) is 2.02. The third kappa shape index (κ3) is 3.53. The number of rotatable bonds is 4. The lowest BCUT2D eigenvalue weighted by Gasteiger charge is -2.39. The Morgan fingerprint density at radius 3 is 2.50 bits per heavy atom. The molecule has 122 valence electrons. The summed E-state index contributed by atoms with van der Waals surface area (Å²) in [5, 5.41) is 7.22. The zero-order valence-electron chi connectivity index (χ0n) is 14.0. The van der Waals surface area contributed by atoms with Crippen molar-refractivity contribution in [3.8, 4) is 0 Å². The Bertz CT molecular complexity index is 519. The molecule has 1 heterocycles. The van der Waals surface area contributed by atoms with E-state index < -0.39 is 0 Å². The van der Waals surface area contributed by atoms with Crippen LogP contribution in [0.15, 0.2) is 10.6 Å². The number of carbonyl (C=O) groups excluding carboxylic acids is 1. The zero-order valence-corrected chi connectivity index (χ0v) is 14.0. The van der Waals surface area contributed by atoms with Gasteiger partial charge >= 0.3 is 0 Å². The van der Waals surface area contributed by atoms with Gasteiger partial charge in [0.1, 0.15) is 5.76 Å². The second kappa shape index (κ2) is 6.05. The van der Waals surface area contributed by atoms with Crippen LogP contribution in [0.5, 0.6) is 0 Å². The molecule has 2 saturated carbocycles. The Balaban J connectivity index is 1.69. The molecule has 0 spiro atoms. The molecule has 0 bridgehead atoms. The number of hydrogen-bond acceptors (Lipinski definition) is 3. The van der Waals surface area contributed by atoms with Gasteiger partial charge in [0.05, 0.1) is 0 Å². The van der Waals surface area contributed by atoms with E-state index in [-0.39, 0.29) is 17.4 Å². The smallest absolute Gasteiger partial charge is 0.273 e. The summed E-state index contributed by atoms with van der Waals surface area (Å²) in [6.45, 7) is 6.64. The van der Waals surface area contributed by atoms with E-state index in [1.165, 1.54) is 32.1 Å². The molecule has 3 rings (SSSR count). The summed E-state index contributed by atoms with van der Waals surface area (Å²) in [6.07, 6.45) is 8.63. The quantitative estimate of drug-likeness (QED) is 0.903. The van der Waals surface area contributed by atoms with Gasteiger partial charge in [0.25, 0.3) is 5.91 Å². The average molecular weight is 304 g/mol. The highest BCUT2D eigenvalue weighted by molar-refractivity contribution is 5.92. The number of nitrogens with zero attached hydrogens (tertiary/aromatic N) is 1. The molecule has 1 aromatic rings. The van der Waals surface area contributed by atoms with Crippen molar-refractivity contribution < 1.29 is 9.32 Å². The topological polar surface area (TPSA) is 55.1 Å². The molecule has 2 aliphatic carbocycles. The molecular weight excluding hydrogens is 276 g/mol. The largest absolute Gasteiger partial charge is 0.360 e. The van der Waals surface area contributed by atoms with Crippen LogP contribution in [-0.4, -0.2) is 17.1 Å². The molecule has 0 saturated heterocycles. The first kappa shape index (κ1) is 15.6. The Hall–Kier alpha value is -1.32. The molecular formula is C18H28N2O2. The lowest BCUT2D eigenvalue weighted by molar-refractivity contribution is 0.0824. The van der Waals surface area contributed by atoms with Crippen molar-refractivity contribution in [2.75, 3.05) is 0 Å². The van der Waals surface area contributed by atoms with E-state index >= 15 is 0 Å². The van der Waals surface area contributed by atoms with Gasteiger partial charge in [-0.05, 0) is 37.0 Å². The van der Waals surface area contributed by atoms with Crippen LogP contribution in [0.1, 0.15) is 87.9 Å². The van der Waals surface area contributed by atoms with Crippen LogP contribution in [-0.2, 0) is 0 Å². The van der Waals surface area contributed by atoms with Gasteiger partial charge in [-0.25, -0.2) is 0 Å². The van der Waals surface area contributed by atoms with Crippen molar-refractivity contribution in [3.63, 3.8) is 0 Å². The summed E-state index contributed by atoms with van der Waals surface area (Å²) < 4.78 is 5.31. The maximum atomic E-state index is 12.6. The van der Waals surface area contributed by atoms with E-state index in [1.54, 1.807) is 0 Å². The van der Waals surface area contributed by atoms with Crippen LogP contribution >= 0.6 is 0 Å². The van der Waals surface area contributed by atoms with E-state index in [1.807, 2.05) is 6.07 Å². The fourth-order valence-electron chi connectivity index (χ4n) is 3.68. The van der Waals surface area contributed by atoms with Crippen molar-refractivity contribution in [2.24, 2.45) is 11.3 Å². The summed E-state index contributed by atoms with van der Waals surface area (Å²) in [4.78, 5) is 12.6.